The number of rotatable bonds is 5. The van der Waals surface area contributed by atoms with Gasteiger partial charge in [-0.15, -0.1) is 0 Å². The first-order chi connectivity index (χ1) is 11.9. The first kappa shape index (κ1) is 19.2. The summed E-state index contributed by atoms with van der Waals surface area (Å²) in [6, 6.07) is 7.19. The second-order valence-corrected chi connectivity index (χ2v) is 6.52. The zero-order valence-electron chi connectivity index (χ0n) is 14.8. The fourth-order valence-corrected chi connectivity index (χ4v) is 3.13. The Labute approximate surface area is 156 Å². The number of hydrogen-bond acceptors (Lipinski definition) is 5. The highest BCUT2D eigenvalue weighted by molar-refractivity contribution is 9.10. The molecular weight excluding hydrogens is 386 g/mol. The topological polar surface area (TPSA) is 64.6 Å². The Morgan fingerprint density at radius 3 is 2.20 bits per heavy atom. The largest absolute Gasteiger partial charge is 0.463 e. The first-order valence-corrected chi connectivity index (χ1v) is 9.02. The molecule has 1 aromatic rings. The van der Waals surface area contributed by atoms with E-state index in [1.165, 1.54) is 0 Å². The summed E-state index contributed by atoms with van der Waals surface area (Å²) in [6.45, 7) is 7.71. The van der Waals surface area contributed by atoms with Gasteiger partial charge in [-0.25, -0.2) is 9.59 Å². The van der Waals surface area contributed by atoms with E-state index in [2.05, 4.69) is 21.2 Å². The Hall–Kier alpha value is -2.08. The molecule has 1 aliphatic rings. The van der Waals surface area contributed by atoms with Gasteiger partial charge in [0.1, 0.15) is 0 Å². The van der Waals surface area contributed by atoms with Crippen LogP contribution >= 0.6 is 15.9 Å². The monoisotopic (exact) mass is 407 g/mol. The summed E-state index contributed by atoms with van der Waals surface area (Å²) in [5.41, 5.74) is 2.80. The number of hydrogen-bond donors (Lipinski definition) is 1. The summed E-state index contributed by atoms with van der Waals surface area (Å²) in [4.78, 5) is 25.2. The van der Waals surface area contributed by atoms with Crippen molar-refractivity contribution in [2.24, 2.45) is 0 Å². The third-order valence-corrected chi connectivity index (χ3v) is 4.40. The minimum Gasteiger partial charge on any atom is -0.463 e. The number of dihydropyridines is 1. The minimum atomic E-state index is -0.459. The Balaban J connectivity index is 2.71. The van der Waals surface area contributed by atoms with Gasteiger partial charge in [0.25, 0.3) is 0 Å². The Morgan fingerprint density at radius 1 is 1.08 bits per heavy atom. The molecule has 134 valence electrons. The van der Waals surface area contributed by atoms with Crippen LogP contribution in [0, 0.1) is 0 Å². The molecule has 25 heavy (non-hydrogen) atoms. The maximum atomic E-state index is 12.6. The lowest BCUT2D eigenvalue weighted by Crippen LogP contribution is -2.37. The predicted octanol–water partition coefficient (Wildman–Crippen LogP) is 3.59. The van der Waals surface area contributed by atoms with Gasteiger partial charge in [-0.1, -0.05) is 28.1 Å². The fourth-order valence-electron chi connectivity index (χ4n) is 2.87. The van der Waals surface area contributed by atoms with E-state index >= 15 is 0 Å². The molecule has 0 bridgehead atoms. The van der Waals surface area contributed by atoms with Crippen molar-refractivity contribution >= 4 is 33.4 Å². The van der Waals surface area contributed by atoms with Crippen molar-refractivity contribution in [1.82, 2.24) is 5.32 Å². The molecule has 0 radical (unpaired) electrons. The molecule has 5 nitrogen and oxygen atoms in total. The van der Waals surface area contributed by atoms with E-state index in [4.69, 9.17) is 9.47 Å². The molecule has 0 aromatic heterocycles. The second kappa shape index (κ2) is 8.34. The number of carbonyl (C=O) groups excluding carboxylic acids is 2. The molecule has 1 aromatic carbocycles. The van der Waals surface area contributed by atoms with Crippen molar-refractivity contribution in [3.63, 3.8) is 0 Å². The molecular formula is C19H22BrNO4. The van der Waals surface area contributed by atoms with Crippen LogP contribution in [0.25, 0.3) is 5.57 Å². The third-order valence-electron chi connectivity index (χ3n) is 3.87. The molecule has 0 aliphatic carbocycles. The SMILES string of the molecule is CCOC(=O)C1=C(C)NC(C)C(C(=O)OCC)=C1c1ccc(Br)cc1. The quantitative estimate of drug-likeness (QED) is 0.755. The number of esters is 2. The summed E-state index contributed by atoms with van der Waals surface area (Å²) in [7, 11) is 0. The van der Waals surface area contributed by atoms with Crippen LogP contribution in [0.3, 0.4) is 0 Å². The molecule has 6 heteroatoms. The van der Waals surface area contributed by atoms with Crippen LogP contribution < -0.4 is 5.32 Å². The van der Waals surface area contributed by atoms with Gasteiger partial charge < -0.3 is 14.8 Å². The molecule has 0 fully saturated rings. The molecule has 2 rings (SSSR count). The number of carbonyl (C=O) groups is 2. The van der Waals surface area contributed by atoms with Gasteiger partial charge in [0.15, 0.2) is 0 Å². The fraction of sp³-hybridized carbons (Fsp3) is 0.368. The smallest absolute Gasteiger partial charge is 0.340 e. The van der Waals surface area contributed by atoms with E-state index in [1.807, 2.05) is 38.1 Å². The van der Waals surface area contributed by atoms with Crippen molar-refractivity contribution in [1.29, 1.82) is 0 Å². The van der Waals surface area contributed by atoms with Gasteiger partial charge in [0.05, 0.1) is 30.4 Å². The van der Waals surface area contributed by atoms with Crippen LogP contribution in [0.2, 0.25) is 0 Å². The molecule has 1 N–H and O–H groups in total. The van der Waals surface area contributed by atoms with Gasteiger partial charge in [0, 0.05) is 15.7 Å². The third kappa shape index (κ3) is 4.12. The minimum absolute atomic E-state index is 0.257. The number of benzene rings is 1. The van der Waals surface area contributed by atoms with Crippen LogP contribution in [-0.4, -0.2) is 31.2 Å². The number of halogens is 1. The highest BCUT2D eigenvalue weighted by Gasteiger charge is 2.34. The van der Waals surface area contributed by atoms with Gasteiger partial charge in [-0.05, 0) is 45.4 Å². The van der Waals surface area contributed by atoms with Crippen molar-refractivity contribution in [3.8, 4) is 0 Å². The van der Waals surface area contributed by atoms with Crippen molar-refractivity contribution in [2.75, 3.05) is 13.2 Å². The summed E-state index contributed by atoms with van der Waals surface area (Å²) in [6.07, 6.45) is 0. The van der Waals surface area contributed by atoms with E-state index < -0.39 is 11.9 Å². The zero-order chi connectivity index (χ0) is 18.6. The van der Waals surface area contributed by atoms with Crippen LogP contribution in [-0.2, 0) is 19.1 Å². The lowest BCUT2D eigenvalue weighted by molar-refractivity contribution is -0.138. The maximum absolute atomic E-state index is 12.6. The molecule has 1 aliphatic heterocycles. The van der Waals surface area contributed by atoms with Crippen LogP contribution in [0.15, 0.2) is 45.6 Å². The molecule has 1 unspecified atom stereocenters. The Morgan fingerprint density at radius 2 is 1.64 bits per heavy atom. The van der Waals surface area contributed by atoms with Crippen LogP contribution in [0.4, 0.5) is 0 Å². The van der Waals surface area contributed by atoms with E-state index in [9.17, 15) is 9.59 Å². The average Bonchev–Trinajstić information content (AvgIpc) is 2.55. The van der Waals surface area contributed by atoms with Gasteiger partial charge >= 0.3 is 11.9 Å². The summed E-state index contributed by atoms with van der Waals surface area (Å²) < 4.78 is 11.4. The standard InChI is InChI=1S/C19H22BrNO4/c1-5-24-18(22)15-11(3)21-12(4)16(19(23)25-6-2)17(15)13-7-9-14(20)10-8-13/h7-11,21H,5-6H2,1-4H3. The Bertz CT molecular complexity index is 734. The number of nitrogens with one attached hydrogen (secondary N) is 1. The van der Waals surface area contributed by atoms with Crippen LogP contribution in [0.5, 0.6) is 0 Å². The molecule has 0 amide bonds. The Kier molecular flexibility index (Phi) is 6.42. The van der Waals surface area contributed by atoms with Gasteiger partial charge in [-0.2, -0.15) is 0 Å². The van der Waals surface area contributed by atoms with Crippen LogP contribution in [0.1, 0.15) is 33.3 Å². The van der Waals surface area contributed by atoms with Crippen molar-refractivity contribution in [2.45, 2.75) is 33.7 Å². The van der Waals surface area contributed by atoms with Gasteiger partial charge in [-0.3, -0.25) is 0 Å². The predicted molar refractivity (Wildman–Crippen MR) is 99.6 cm³/mol. The van der Waals surface area contributed by atoms with E-state index in [-0.39, 0.29) is 19.3 Å². The van der Waals surface area contributed by atoms with Crippen molar-refractivity contribution in [3.05, 3.63) is 51.1 Å². The first-order valence-electron chi connectivity index (χ1n) is 8.22. The highest BCUT2D eigenvalue weighted by Crippen LogP contribution is 2.35. The van der Waals surface area contributed by atoms with Gasteiger partial charge in [0.2, 0.25) is 0 Å². The van der Waals surface area contributed by atoms with E-state index in [0.717, 1.165) is 10.0 Å². The molecule has 1 atom stereocenters. The molecule has 0 spiro atoms. The molecule has 0 saturated carbocycles. The molecule has 1 heterocycles. The zero-order valence-corrected chi connectivity index (χ0v) is 16.4. The summed E-state index contributed by atoms with van der Waals surface area (Å²) >= 11 is 3.41. The maximum Gasteiger partial charge on any atom is 0.340 e. The number of ether oxygens (including phenoxy) is 2. The normalized spacial score (nSPS) is 17.2. The summed E-state index contributed by atoms with van der Waals surface area (Å²) in [5, 5.41) is 3.18. The summed E-state index contributed by atoms with van der Waals surface area (Å²) in [5.74, 6) is -0.895. The number of allylic oxidation sites excluding steroid dienone is 1. The van der Waals surface area contributed by atoms with E-state index in [0.29, 0.717) is 22.4 Å². The second-order valence-electron chi connectivity index (χ2n) is 5.60. The molecule has 0 saturated heterocycles. The highest BCUT2D eigenvalue weighted by atomic mass is 79.9. The van der Waals surface area contributed by atoms with Crippen molar-refractivity contribution < 1.29 is 19.1 Å². The lowest BCUT2D eigenvalue weighted by atomic mass is 9.86. The average molecular weight is 408 g/mol. The van der Waals surface area contributed by atoms with E-state index in [1.54, 1.807) is 13.8 Å². The lowest BCUT2D eigenvalue weighted by Gasteiger charge is -2.29.